The van der Waals surface area contributed by atoms with Crippen LogP contribution in [0.15, 0.2) is 36.5 Å². The first kappa shape index (κ1) is 21.7. The van der Waals surface area contributed by atoms with Gasteiger partial charge >= 0.3 is 0 Å². The van der Waals surface area contributed by atoms with Gasteiger partial charge in [0.2, 0.25) is 0 Å². The molecule has 150 valence electrons. The Morgan fingerprint density at radius 1 is 0.704 bits per heavy atom. The number of aryl methyl sites for hydroxylation is 4. The molecule has 2 aromatic rings. The highest BCUT2D eigenvalue weighted by atomic mass is 15.1. The third-order valence-corrected chi connectivity index (χ3v) is 5.38. The van der Waals surface area contributed by atoms with E-state index in [-0.39, 0.29) is 0 Å². The Kier molecular flexibility index (Phi) is 10.9. The van der Waals surface area contributed by atoms with Gasteiger partial charge < -0.3 is 4.57 Å². The van der Waals surface area contributed by atoms with Crippen LogP contribution < -0.4 is 0 Å². The second-order valence-electron chi connectivity index (χ2n) is 7.91. The van der Waals surface area contributed by atoms with E-state index >= 15 is 0 Å². The summed E-state index contributed by atoms with van der Waals surface area (Å²) in [6, 6.07) is 10.8. The van der Waals surface area contributed by atoms with Crippen LogP contribution in [-0.4, -0.2) is 9.55 Å². The lowest BCUT2D eigenvalue weighted by molar-refractivity contribution is 0.533. The number of aromatic nitrogens is 2. The van der Waals surface area contributed by atoms with Crippen LogP contribution in [0.1, 0.15) is 95.1 Å². The van der Waals surface area contributed by atoms with Gasteiger partial charge in [0.1, 0.15) is 5.82 Å². The molecule has 0 spiro atoms. The van der Waals surface area contributed by atoms with Gasteiger partial charge in [-0.2, -0.15) is 0 Å². The fourth-order valence-corrected chi connectivity index (χ4v) is 3.78. The Balaban J connectivity index is 1.71. The number of rotatable bonds is 15. The van der Waals surface area contributed by atoms with E-state index in [1.165, 1.54) is 81.3 Å². The smallest absolute Gasteiger partial charge is 0.108 e. The van der Waals surface area contributed by atoms with Crippen LogP contribution in [0.5, 0.6) is 0 Å². The quantitative estimate of drug-likeness (QED) is 0.305. The van der Waals surface area contributed by atoms with E-state index in [0.29, 0.717) is 0 Å². The fourth-order valence-electron chi connectivity index (χ4n) is 3.78. The van der Waals surface area contributed by atoms with Gasteiger partial charge in [-0.1, -0.05) is 89.1 Å². The molecule has 2 rings (SSSR count). The Labute approximate surface area is 167 Å². The third kappa shape index (κ3) is 8.77. The first-order valence-corrected chi connectivity index (χ1v) is 11.4. The van der Waals surface area contributed by atoms with Gasteiger partial charge in [-0.25, -0.2) is 4.98 Å². The highest BCUT2D eigenvalue weighted by molar-refractivity contribution is 5.15. The third-order valence-electron chi connectivity index (χ3n) is 5.38. The van der Waals surface area contributed by atoms with Gasteiger partial charge in [0.15, 0.2) is 0 Å². The molecule has 1 aromatic carbocycles. The number of hydrogen-bond acceptors (Lipinski definition) is 1. The van der Waals surface area contributed by atoms with Gasteiger partial charge in [0.05, 0.1) is 5.69 Å². The Hall–Kier alpha value is -1.57. The zero-order chi connectivity index (χ0) is 19.2. The van der Waals surface area contributed by atoms with E-state index in [2.05, 4.69) is 54.9 Å². The van der Waals surface area contributed by atoms with Crippen molar-refractivity contribution in [2.45, 2.75) is 104 Å². The Morgan fingerprint density at radius 3 is 2.11 bits per heavy atom. The van der Waals surface area contributed by atoms with E-state index in [1.807, 2.05) is 0 Å². The fraction of sp³-hybridized carbons (Fsp3) is 0.640. The van der Waals surface area contributed by atoms with Crippen molar-refractivity contribution in [3.8, 4) is 0 Å². The zero-order valence-electron chi connectivity index (χ0n) is 17.8. The Bertz CT molecular complexity index is 600. The summed E-state index contributed by atoms with van der Waals surface area (Å²) in [5.41, 5.74) is 2.72. The molecule has 27 heavy (non-hydrogen) atoms. The lowest BCUT2D eigenvalue weighted by Gasteiger charge is -2.07. The standard InChI is InChI=1S/C25H40N2/c1-3-5-6-7-8-9-10-14-21-27-22-24(26-25(27)16-4-2)20-15-19-23-17-12-11-13-18-23/h11-13,17-18,22H,3-10,14-16,19-21H2,1-2H3. The summed E-state index contributed by atoms with van der Waals surface area (Å²) in [6.45, 7) is 5.69. The van der Waals surface area contributed by atoms with Gasteiger partial charge in [-0.3, -0.25) is 0 Å². The molecule has 0 atom stereocenters. The van der Waals surface area contributed by atoms with Crippen LogP contribution >= 0.6 is 0 Å². The highest BCUT2D eigenvalue weighted by Gasteiger charge is 2.07. The van der Waals surface area contributed by atoms with Gasteiger partial charge in [0, 0.05) is 19.2 Å². The molecule has 0 saturated carbocycles. The van der Waals surface area contributed by atoms with E-state index in [1.54, 1.807) is 0 Å². The minimum absolute atomic E-state index is 1.09. The molecule has 0 saturated heterocycles. The SMILES string of the molecule is CCCCCCCCCCn1cc(CCCc2ccccc2)nc1CCC. The van der Waals surface area contributed by atoms with Crippen LogP contribution in [0.25, 0.3) is 0 Å². The summed E-state index contributed by atoms with van der Waals surface area (Å²) >= 11 is 0. The molecule has 0 amide bonds. The van der Waals surface area contributed by atoms with E-state index in [9.17, 15) is 0 Å². The maximum atomic E-state index is 4.94. The van der Waals surface area contributed by atoms with Crippen LogP contribution in [-0.2, 0) is 25.8 Å². The molecule has 1 heterocycles. The average Bonchev–Trinajstić information content (AvgIpc) is 3.07. The predicted molar refractivity (Wildman–Crippen MR) is 117 cm³/mol. The molecule has 0 aliphatic rings. The predicted octanol–water partition coefficient (Wildman–Crippen LogP) is 7.15. The van der Waals surface area contributed by atoms with E-state index < -0.39 is 0 Å². The molecule has 2 heteroatoms. The lowest BCUT2D eigenvalue weighted by Crippen LogP contribution is -2.03. The van der Waals surface area contributed by atoms with Crippen LogP contribution in [0.2, 0.25) is 0 Å². The molecular weight excluding hydrogens is 328 g/mol. The molecule has 0 aliphatic heterocycles. The second kappa shape index (κ2) is 13.6. The van der Waals surface area contributed by atoms with Gasteiger partial charge in [-0.05, 0) is 37.7 Å². The van der Waals surface area contributed by atoms with Crippen molar-refractivity contribution in [1.82, 2.24) is 9.55 Å². The molecule has 0 radical (unpaired) electrons. The number of imidazole rings is 1. The minimum Gasteiger partial charge on any atom is -0.335 e. The minimum atomic E-state index is 1.09. The normalized spacial score (nSPS) is 11.2. The first-order chi connectivity index (χ1) is 13.3. The topological polar surface area (TPSA) is 17.8 Å². The summed E-state index contributed by atoms with van der Waals surface area (Å²) in [5, 5.41) is 0. The molecule has 2 nitrogen and oxygen atoms in total. The van der Waals surface area contributed by atoms with Gasteiger partial charge in [-0.15, -0.1) is 0 Å². The average molecular weight is 369 g/mol. The first-order valence-electron chi connectivity index (χ1n) is 11.4. The maximum Gasteiger partial charge on any atom is 0.108 e. The monoisotopic (exact) mass is 368 g/mol. The van der Waals surface area contributed by atoms with Crippen molar-refractivity contribution in [2.75, 3.05) is 0 Å². The number of hydrogen-bond donors (Lipinski definition) is 0. The van der Waals surface area contributed by atoms with Crippen LogP contribution in [0.4, 0.5) is 0 Å². The van der Waals surface area contributed by atoms with E-state index in [4.69, 9.17) is 4.98 Å². The summed E-state index contributed by atoms with van der Waals surface area (Å²) in [5.74, 6) is 1.30. The summed E-state index contributed by atoms with van der Waals surface area (Å²) in [4.78, 5) is 4.94. The van der Waals surface area contributed by atoms with E-state index in [0.717, 1.165) is 25.8 Å². The van der Waals surface area contributed by atoms with Crippen molar-refractivity contribution < 1.29 is 0 Å². The molecule has 1 aromatic heterocycles. The van der Waals surface area contributed by atoms with Crippen LogP contribution in [0.3, 0.4) is 0 Å². The van der Waals surface area contributed by atoms with Crippen molar-refractivity contribution in [3.63, 3.8) is 0 Å². The maximum absolute atomic E-state index is 4.94. The summed E-state index contributed by atoms with van der Waals surface area (Å²) < 4.78 is 2.44. The number of nitrogens with zero attached hydrogens (tertiary/aromatic N) is 2. The molecular formula is C25H40N2. The lowest BCUT2D eigenvalue weighted by atomic mass is 10.1. The molecule has 0 bridgehead atoms. The molecule has 0 fully saturated rings. The van der Waals surface area contributed by atoms with Crippen molar-refractivity contribution >= 4 is 0 Å². The van der Waals surface area contributed by atoms with Gasteiger partial charge in [0.25, 0.3) is 0 Å². The molecule has 0 aliphatic carbocycles. The zero-order valence-corrected chi connectivity index (χ0v) is 17.8. The van der Waals surface area contributed by atoms with Crippen LogP contribution in [0, 0.1) is 0 Å². The van der Waals surface area contributed by atoms with Crippen molar-refractivity contribution in [3.05, 3.63) is 53.6 Å². The molecule has 0 unspecified atom stereocenters. The highest BCUT2D eigenvalue weighted by Crippen LogP contribution is 2.13. The Morgan fingerprint density at radius 2 is 1.41 bits per heavy atom. The number of unbranched alkanes of at least 4 members (excludes halogenated alkanes) is 7. The van der Waals surface area contributed by atoms with Crippen molar-refractivity contribution in [2.24, 2.45) is 0 Å². The number of benzene rings is 1. The second-order valence-corrected chi connectivity index (χ2v) is 7.91. The summed E-state index contributed by atoms with van der Waals surface area (Å²) in [7, 11) is 0. The largest absolute Gasteiger partial charge is 0.335 e. The van der Waals surface area contributed by atoms with Crippen molar-refractivity contribution in [1.29, 1.82) is 0 Å². The molecule has 0 N–H and O–H groups in total. The summed E-state index contributed by atoms with van der Waals surface area (Å²) in [6.07, 6.45) is 19.1.